The Hall–Kier alpha value is -1.57. The van der Waals surface area contributed by atoms with Gasteiger partial charge in [0.25, 0.3) is 0 Å². The van der Waals surface area contributed by atoms with Gasteiger partial charge in [0.15, 0.2) is 0 Å². The van der Waals surface area contributed by atoms with E-state index >= 15 is 0 Å². The van der Waals surface area contributed by atoms with Crippen LogP contribution in [0.2, 0.25) is 0 Å². The van der Waals surface area contributed by atoms with E-state index < -0.39 is 0 Å². The molecule has 22 heavy (non-hydrogen) atoms. The average Bonchev–Trinajstić information content (AvgIpc) is 2.89. The monoisotopic (exact) mass is 298 g/mol. The van der Waals surface area contributed by atoms with Gasteiger partial charge in [-0.05, 0) is 31.7 Å². The van der Waals surface area contributed by atoms with Crippen LogP contribution in [-0.4, -0.2) is 9.78 Å². The van der Waals surface area contributed by atoms with Crippen LogP contribution in [0.15, 0.2) is 30.3 Å². The molecule has 0 N–H and O–H groups in total. The molecule has 2 rings (SSSR count). The molecule has 2 heteroatoms. The predicted octanol–water partition coefficient (Wildman–Crippen LogP) is 5.94. The van der Waals surface area contributed by atoms with Crippen LogP contribution in [0.5, 0.6) is 0 Å². The molecule has 0 atom stereocenters. The minimum Gasteiger partial charge on any atom is -0.266 e. The molecular weight excluding hydrogens is 268 g/mol. The summed E-state index contributed by atoms with van der Waals surface area (Å²) in [6.45, 7) is 15.9. The molecule has 0 aliphatic heterocycles. The summed E-state index contributed by atoms with van der Waals surface area (Å²) in [6.07, 6.45) is 1.10. The first-order valence-electron chi connectivity index (χ1n) is 8.47. The van der Waals surface area contributed by atoms with Gasteiger partial charge >= 0.3 is 0 Å². The Labute approximate surface area is 135 Å². The van der Waals surface area contributed by atoms with Gasteiger partial charge in [0.1, 0.15) is 0 Å². The summed E-state index contributed by atoms with van der Waals surface area (Å²) in [4.78, 5) is 0. The van der Waals surface area contributed by atoms with Gasteiger partial charge in [0.05, 0.1) is 11.4 Å². The summed E-state index contributed by atoms with van der Waals surface area (Å²) >= 11 is 0. The molecule has 1 heterocycles. The summed E-state index contributed by atoms with van der Waals surface area (Å²) in [7, 11) is 0. The SMILES string of the molecule is CCC(C)(C)c1c(-c2ccccc2)c(C(C)C)nn1C(C)C. The number of rotatable bonds is 5. The van der Waals surface area contributed by atoms with Crippen molar-refractivity contribution in [1.82, 2.24) is 9.78 Å². The van der Waals surface area contributed by atoms with E-state index in [0.717, 1.165) is 6.42 Å². The Kier molecular flexibility index (Phi) is 4.79. The highest BCUT2D eigenvalue weighted by molar-refractivity contribution is 5.70. The summed E-state index contributed by atoms with van der Waals surface area (Å²) in [6, 6.07) is 11.1. The maximum Gasteiger partial charge on any atom is 0.0731 e. The number of hydrogen-bond donors (Lipinski definition) is 0. The first kappa shape index (κ1) is 16.8. The van der Waals surface area contributed by atoms with Crippen molar-refractivity contribution in [1.29, 1.82) is 0 Å². The maximum atomic E-state index is 5.02. The topological polar surface area (TPSA) is 17.8 Å². The van der Waals surface area contributed by atoms with Crippen LogP contribution >= 0.6 is 0 Å². The van der Waals surface area contributed by atoms with Gasteiger partial charge in [-0.2, -0.15) is 5.10 Å². The second kappa shape index (κ2) is 6.28. The molecule has 0 saturated carbocycles. The van der Waals surface area contributed by atoms with Crippen LogP contribution in [0.25, 0.3) is 11.1 Å². The summed E-state index contributed by atoms with van der Waals surface area (Å²) in [5.74, 6) is 0.418. The van der Waals surface area contributed by atoms with Crippen LogP contribution in [0, 0.1) is 0 Å². The minimum atomic E-state index is 0.107. The molecular formula is C20H30N2. The van der Waals surface area contributed by atoms with Gasteiger partial charge in [0.2, 0.25) is 0 Å². The van der Waals surface area contributed by atoms with Crippen molar-refractivity contribution in [2.45, 2.75) is 72.3 Å². The van der Waals surface area contributed by atoms with Gasteiger partial charge in [-0.25, -0.2) is 0 Å². The van der Waals surface area contributed by atoms with Gasteiger partial charge in [-0.1, -0.05) is 65.0 Å². The average molecular weight is 298 g/mol. The van der Waals surface area contributed by atoms with Crippen molar-refractivity contribution in [3.8, 4) is 11.1 Å². The van der Waals surface area contributed by atoms with Gasteiger partial charge in [-0.3, -0.25) is 4.68 Å². The number of benzene rings is 1. The standard InChI is InChI=1S/C20H30N2/c1-8-20(6,7)19-17(16-12-10-9-11-13-16)18(14(2)3)21-22(19)15(4)5/h9-15H,8H2,1-7H3. The summed E-state index contributed by atoms with van der Waals surface area (Å²) in [5, 5.41) is 5.02. The third kappa shape index (κ3) is 2.97. The Morgan fingerprint density at radius 1 is 1.05 bits per heavy atom. The Balaban J connectivity index is 2.83. The number of nitrogens with zero attached hydrogens (tertiary/aromatic N) is 2. The van der Waals surface area contributed by atoms with Crippen LogP contribution < -0.4 is 0 Å². The molecule has 1 aromatic heterocycles. The Bertz CT molecular complexity index is 619. The number of hydrogen-bond acceptors (Lipinski definition) is 1. The molecule has 2 aromatic rings. The fourth-order valence-corrected chi connectivity index (χ4v) is 2.94. The highest BCUT2D eigenvalue weighted by Gasteiger charge is 2.31. The van der Waals surface area contributed by atoms with Crippen molar-refractivity contribution >= 4 is 0 Å². The Morgan fingerprint density at radius 2 is 1.64 bits per heavy atom. The van der Waals surface area contributed by atoms with Crippen LogP contribution in [0.1, 0.15) is 78.2 Å². The van der Waals surface area contributed by atoms with Crippen molar-refractivity contribution < 1.29 is 0 Å². The summed E-state index contributed by atoms with van der Waals surface area (Å²) < 4.78 is 2.25. The highest BCUT2D eigenvalue weighted by atomic mass is 15.3. The lowest BCUT2D eigenvalue weighted by Crippen LogP contribution is -2.23. The lowest BCUT2D eigenvalue weighted by Gasteiger charge is -2.27. The van der Waals surface area contributed by atoms with E-state index in [-0.39, 0.29) is 5.41 Å². The minimum absolute atomic E-state index is 0.107. The second-order valence-electron chi connectivity index (χ2n) is 7.41. The lowest BCUT2D eigenvalue weighted by atomic mass is 9.81. The van der Waals surface area contributed by atoms with Crippen molar-refractivity contribution in [3.05, 3.63) is 41.7 Å². The molecule has 120 valence electrons. The fraction of sp³-hybridized carbons (Fsp3) is 0.550. The zero-order valence-electron chi connectivity index (χ0n) is 15.1. The van der Waals surface area contributed by atoms with E-state index in [1.807, 2.05) is 0 Å². The molecule has 1 aromatic carbocycles. The molecule has 0 radical (unpaired) electrons. The molecule has 0 bridgehead atoms. The molecule has 0 spiro atoms. The normalized spacial score (nSPS) is 12.4. The quantitative estimate of drug-likeness (QED) is 0.667. The van der Waals surface area contributed by atoms with Gasteiger partial charge in [0, 0.05) is 17.0 Å². The third-order valence-corrected chi connectivity index (χ3v) is 4.56. The van der Waals surface area contributed by atoms with Gasteiger partial charge in [-0.15, -0.1) is 0 Å². The maximum absolute atomic E-state index is 5.02. The van der Waals surface area contributed by atoms with Crippen LogP contribution in [0.3, 0.4) is 0 Å². The zero-order valence-corrected chi connectivity index (χ0v) is 15.1. The second-order valence-corrected chi connectivity index (χ2v) is 7.41. The van der Waals surface area contributed by atoms with E-state index in [0.29, 0.717) is 12.0 Å². The lowest BCUT2D eigenvalue weighted by molar-refractivity contribution is 0.413. The molecule has 0 fully saturated rings. The fourth-order valence-electron chi connectivity index (χ4n) is 2.94. The highest BCUT2D eigenvalue weighted by Crippen LogP contribution is 2.41. The largest absolute Gasteiger partial charge is 0.266 e. The van der Waals surface area contributed by atoms with Gasteiger partial charge < -0.3 is 0 Å². The van der Waals surface area contributed by atoms with E-state index in [1.165, 1.54) is 22.5 Å². The van der Waals surface area contributed by atoms with Crippen LogP contribution in [-0.2, 0) is 5.41 Å². The number of aromatic nitrogens is 2. The molecule has 0 saturated heterocycles. The van der Waals surface area contributed by atoms with E-state index in [1.54, 1.807) is 0 Å². The zero-order chi connectivity index (χ0) is 16.5. The van der Waals surface area contributed by atoms with Crippen molar-refractivity contribution in [2.24, 2.45) is 0 Å². The first-order chi connectivity index (χ1) is 10.3. The van der Waals surface area contributed by atoms with Crippen molar-refractivity contribution in [3.63, 3.8) is 0 Å². The molecule has 2 nitrogen and oxygen atoms in total. The van der Waals surface area contributed by atoms with Crippen LogP contribution in [0.4, 0.5) is 0 Å². The smallest absolute Gasteiger partial charge is 0.0731 e. The first-order valence-corrected chi connectivity index (χ1v) is 8.47. The predicted molar refractivity (Wildman–Crippen MR) is 95.5 cm³/mol. The van der Waals surface area contributed by atoms with E-state index in [2.05, 4.69) is 83.5 Å². The third-order valence-electron chi connectivity index (χ3n) is 4.56. The van der Waals surface area contributed by atoms with Crippen molar-refractivity contribution in [2.75, 3.05) is 0 Å². The van der Waals surface area contributed by atoms with E-state index in [9.17, 15) is 0 Å². The molecule has 0 unspecified atom stereocenters. The van der Waals surface area contributed by atoms with E-state index in [4.69, 9.17) is 5.10 Å². The molecule has 0 aliphatic rings. The summed E-state index contributed by atoms with van der Waals surface area (Å²) in [5.41, 5.74) is 5.33. The Morgan fingerprint density at radius 3 is 2.09 bits per heavy atom. The molecule has 0 amide bonds. The molecule has 0 aliphatic carbocycles.